The lowest BCUT2D eigenvalue weighted by molar-refractivity contribution is 0.102. The number of amides is 1. The Balaban J connectivity index is 1.33. The molecule has 1 unspecified atom stereocenters. The van der Waals surface area contributed by atoms with E-state index in [-0.39, 0.29) is 11.3 Å². The summed E-state index contributed by atoms with van der Waals surface area (Å²) in [6.07, 6.45) is 6.55. The van der Waals surface area contributed by atoms with Crippen LogP contribution < -0.4 is 19.5 Å². The summed E-state index contributed by atoms with van der Waals surface area (Å²) in [4.78, 5) is 13.3. The van der Waals surface area contributed by atoms with Crippen molar-refractivity contribution in [2.45, 2.75) is 51.6 Å². The molecule has 0 saturated heterocycles. The molecule has 8 rings (SSSR count). The molecule has 5 heteroatoms. The summed E-state index contributed by atoms with van der Waals surface area (Å²) < 4.78 is 19.1. The number of unbranched alkanes of at least 4 members (excludes halogenated alkanes) is 1. The van der Waals surface area contributed by atoms with Crippen molar-refractivity contribution in [3.63, 3.8) is 0 Å². The molecule has 6 aromatic carbocycles. The van der Waals surface area contributed by atoms with Gasteiger partial charge in [0.15, 0.2) is 5.60 Å². The SMILES string of the molecule is CCCCOc1ccc(C2(c3ccc(OC)cc3)C=Cc3c4c(c5cc(NC(=O)c6ccccc6)ccc5c3O2)-c2ccc(C)cc2C4(C)C)cc1. The van der Waals surface area contributed by atoms with Gasteiger partial charge in [0, 0.05) is 38.7 Å². The number of anilines is 1. The zero-order valence-electron chi connectivity index (χ0n) is 30.4. The Hall–Kier alpha value is -5.81. The van der Waals surface area contributed by atoms with Gasteiger partial charge in [-0.2, -0.15) is 0 Å². The number of hydrogen-bond acceptors (Lipinski definition) is 4. The summed E-state index contributed by atoms with van der Waals surface area (Å²) in [5.74, 6) is 2.28. The lowest BCUT2D eigenvalue weighted by Gasteiger charge is -2.38. The molecule has 1 amide bonds. The van der Waals surface area contributed by atoms with Gasteiger partial charge in [0.2, 0.25) is 0 Å². The van der Waals surface area contributed by atoms with E-state index in [4.69, 9.17) is 14.2 Å². The van der Waals surface area contributed by atoms with Gasteiger partial charge >= 0.3 is 0 Å². The summed E-state index contributed by atoms with van der Waals surface area (Å²) >= 11 is 0. The van der Waals surface area contributed by atoms with E-state index >= 15 is 0 Å². The molecule has 5 nitrogen and oxygen atoms in total. The van der Waals surface area contributed by atoms with Crippen molar-refractivity contribution >= 4 is 28.4 Å². The van der Waals surface area contributed by atoms with Crippen molar-refractivity contribution in [1.82, 2.24) is 0 Å². The van der Waals surface area contributed by atoms with Crippen LogP contribution in [0.4, 0.5) is 5.69 Å². The number of ether oxygens (including phenoxy) is 3. The van der Waals surface area contributed by atoms with Crippen LogP contribution in [-0.2, 0) is 11.0 Å². The molecule has 1 aliphatic heterocycles. The van der Waals surface area contributed by atoms with Gasteiger partial charge in [0.05, 0.1) is 13.7 Å². The van der Waals surface area contributed by atoms with Gasteiger partial charge in [-0.15, -0.1) is 0 Å². The second-order valence-electron chi connectivity index (χ2n) is 14.4. The van der Waals surface area contributed by atoms with Crippen molar-refractivity contribution in [2.24, 2.45) is 0 Å². The fourth-order valence-electron chi connectivity index (χ4n) is 7.92. The first-order chi connectivity index (χ1) is 25.2. The minimum absolute atomic E-state index is 0.147. The molecular weight excluding hydrogens is 643 g/mol. The minimum Gasteiger partial charge on any atom is -0.497 e. The van der Waals surface area contributed by atoms with E-state index in [2.05, 4.69) is 99.8 Å². The van der Waals surface area contributed by atoms with E-state index in [9.17, 15) is 4.79 Å². The topological polar surface area (TPSA) is 56.8 Å². The van der Waals surface area contributed by atoms with Gasteiger partial charge in [-0.3, -0.25) is 4.79 Å². The Morgan fingerprint density at radius 2 is 1.52 bits per heavy atom. The first kappa shape index (κ1) is 33.3. The van der Waals surface area contributed by atoms with Crippen molar-refractivity contribution < 1.29 is 19.0 Å². The quantitative estimate of drug-likeness (QED) is 0.154. The van der Waals surface area contributed by atoms with E-state index in [0.717, 1.165) is 63.2 Å². The molecule has 52 heavy (non-hydrogen) atoms. The zero-order valence-corrected chi connectivity index (χ0v) is 30.4. The maximum Gasteiger partial charge on any atom is 0.255 e. The average molecular weight is 686 g/mol. The molecule has 1 N–H and O–H groups in total. The predicted molar refractivity (Wildman–Crippen MR) is 211 cm³/mol. The molecule has 0 radical (unpaired) electrons. The Morgan fingerprint density at radius 1 is 0.808 bits per heavy atom. The molecule has 0 saturated carbocycles. The maximum atomic E-state index is 13.3. The summed E-state index contributed by atoms with van der Waals surface area (Å²) in [6, 6.07) is 38.7. The van der Waals surface area contributed by atoms with E-state index in [1.165, 1.54) is 27.8 Å². The number of hydrogen-bond donors (Lipinski definition) is 1. The number of benzene rings is 6. The Kier molecular flexibility index (Phi) is 8.38. The number of aryl methyl sites for hydroxylation is 1. The number of carbonyl (C=O) groups excluding carboxylic acids is 1. The maximum absolute atomic E-state index is 13.3. The van der Waals surface area contributed by atoms with Crippen molar-refractivity contribution in [3.8, 4) is 28.4 Å². The second kappa shape index (κ2) is 13.1. The third kappa shape index (κ3) is 5.52. The van der Waals surface area contributed by atoms with Crippen molar-refractivity contribution in [1.29, 1.82) is 0 Å². The van der Waals surface area contributed by atoms with Crippen molar-refractivity contribution in [3.05, 3.63) is 160 Å². The van der Waals surface area contributed by atoms with Gasteiger partial charge in [0.25, 0.3) is 5.91 Å². The van der Waals surface area contributed by atoms with Crippen LogP contribution in [0.1, 0.15) is 77.4 Å². The standard InChI is InChI=1S/C47H43NO4/c1-6-7-27-51-36-21-16-33(17-22-36)47(32-14-19-35(50-5)20-15-32)26-25-39-43-42(38-23-13-30(2)28-41(38)46(43,3)4)40-29-34(18-24-37(40)44(39)52-47)48-45(49)31-11-9-8-10-12-31/h8-26,28-29H,6-7,27H2,1-5H3,(H,48,49). The molecule has 1 aliphatic carbocycles. The number of carbonyl (C=O) groups is 1. The average Bonchev–Trinajstić information content (AvgIpc) is 3.41. The summed E-state index contributed by atoms with van der Waals surface area (Å²) in [5.41, 5.74) is 9.27. The van der Waals surface area contributed by atoms with Gasteiger partial charge < -0.3 is 19.5 Å². The summed E-state index contributed by atoms with van der Waals surface area (Å²) in [7, 11) is 1.68. The molecule has 1 heterocycles. The lowest BCUT2D eigenvalue weighted by atomic mass is 9.76. The van der Waals surface area contributed by atoms with Gasteiger partial charge in [0.1, 0.15) is 17.2 Å². The van der Waals surface area contributed by atoms with Crippen LogP contribution in [0.5, 0.6) is 17.2 Å². The summed E-state index contributed by atoms with van der Waals surface area (Å²) in [5, 5.41) is 5.18. The van der Waals surface area contributed by atoms with Crippen LogP contribution in [0.15, 0.2) is 121 Å². The highest BCUT2D eigenvalue weighted by Crippen LogP contribution is 2.58. The normalized spacial score (nSPS) is 16.4. The summed E-state index contributed by atoms with van der Waals surface area (Å²) in [6.45, 7) is 9.61. The number of methoxy groups -OCH3 is 1. The van der Waals surface area contributed by atoms with Crippen LogP contribution in [0.3, 0.4) is 0 Å². The highest BCUT2D eigenvalue weighted by atomic mass is 16.5. The van der Waals surface area contributed by atoms with Crippen LogP contribution in [0, 0.1) is 6.92 Å². The third-order valence-corrected chi connectivity index (χ3v) is 10.7. The fourth-order valence-corrected chi connectivity index (χ4v) is 7.92. The van der Waals surface area contributed by atoms with Crippen LogP contribution in [0.25, 0.3) is 28.0 Å². The first-order valence-corrected chi connectivity index (χ1v) is 18.1. The monoisotopic (exact) mass is 685 g/mol. The third-order valence-electron chi connectivity index (χ3n) is 10.7. The number of nitrogens with one attached hydrogen (secondary N) is 1. The molecule has 0 spiro atoms. The van der Waals surface area contributed by atoms with Gasteiger partial charge in [-0.05, 0) is 102 Å². The van der Waals surface area contributed by atoms with Gasteiger partial charge in [-0.1, -0.05) is 99.5 Å². The zero-order chi connectivity index (χ0) is 36.0. The van der Waals surface area contributed by atoms with E-state index < -0.39 is 5.60 Å². The molecule has 0 aromatic heterocycles. The molecule has 0 bridgehead atoms. The minimum atomic E-state index is -0.936. The molecular formula is C47H43NO4. The lowest BCUT2D eigenvalue weighted by Crippen LogP contribution is -2.35. The van der Waals surface area contributed by atoms with Crippen LogP contribution in [0.2, 0.25) is 0 Å². The molecule has 1 atom stereocenters. The molecule has 2 aliphatic rings. The van der Waals surface area contributed by atoms with Gasteiger partial charge in [-0.25, -0.2) is 0 Å². The Bertz CT molecular complexity index is 2340. The first-order valence-electron chi connectivity index (χ1n) is 18.1. The fraction of sp³-hybridized carbons (Fsp3) is 0.213. The van der Waals surface area contributed by atoms with Crippen LogP contribution in [-0.4, -0.2) is 19.6 Å². The highest BCUT2D eigenvalue weighted by Gasteiger charge is 2.44. The largest absolute Gasteiger partial charge is 0.497 e. The number of rotatable bonds is 9. The van der Waals surface area contributed by atoms with Crippen molar-refractivity contribution in [2.75, 3.05) is 19.0 Å². The highest BCUT2D eigenvalue weighted by molar-refractivity contribution is 6.11. The van der Waals surface area contributed by atoms with E-state index in [0.29, 0.717) is 12.2 Å². The Labute approximate surface area is 305 Å². The van der Waals surface area contributed by atoms with Crippen LogP contribution >= 0.6 is 0 Å². The smallest absolute Gasteiger partial charge is 0.255 e. The molecule has 260 valence electrons. The molecule has 6 aromatic rings. The number of fused-ring (bicyclic) bond motifs is 8. The van der Waals surface area contributed by atoms with E-state index in [1.54, 1.807) is 7.11 Å². The Morgan fingerprint density at radius 3 is 2.21 bits per heavy atom. The molecule has 0 fully saturated rings. The van der Waals surface area contributed by atoms with E-state index in [1.807, 2.05) is 60.7 Å². The second-order valence-corrected chi connectivity index (χ2v) is 14.4. The predicted octanol–water partition coefficient (Wildman–Crippen LogP) is 11.2.